The smallest absolute Gasteiger partial charge is 0.0209 e. The maximum atomic E-state index is 3.64. The molecule has 0 aromatic carbocycles. The van der Waals surface area contributed by atoms with E-state index in [0.717, 1.165) is 12.1 Å². The molecule has 2 atom stereocenters. The van der Waals surface area contributed by atoms with Gasteiger partial charge in [-0.15, -0.1) is 0 Å². The molecule has 0 radical (unpaired) electrons. The van der Waals surface area contributed by atoms with Crippen molar-refractivity contribution < 1.29 is 0 Å². The fourth-order valence-corrected chi connectivity index (χ4v) is 2.84. The van der Waals surface area contributed by atoms with E-state index in [1.807, 2.05) is 11.8 Å². The number of hydrogen-bond donors (Lipinski definition) is 1. The second-order valence-electron chi connectivity index (χ2n) is 4.93. The van der Waals surface area contributed by atoms with E-state index in [9.17, 15) is 0 Å². The van der Waals surface area contributed by atoms with E-state index < -0.39 is 0 Å². The van der Waals surface area contributed by atoms with Crippen LogP contribution in [0.5, 0.6) is 0 Å². The van der Waals surface area contributed by atoms with Gasteiger partial charge in [-0.05, 0) is 31.8 Å². The van der Waals surface area contributed by atoms with Crippen LogP contribution >= 0.6 is 11.8 Å². The Kier molecular flexibility index (Phi) is 6.02. The average Bonchev–Trinajstić information content (AvgIpc) is 2.61. The lowest BCUT2D eigenvalue weighted by Gasteiger charge is -2.24. The van der Waals surface area contributed by atoms with Gasteiger partial charge in [0.15, 0.2) is 0 Å². The summed E-state index contributed by atoms with van der Waals surface area (Å²) in [6, 6.07) is 2.11. The fraction of sp³-hybridized carbons (Fsp3) is 1.00. The largest absolute Gasteiger partial charge is 0.310 e. The van der Waals surface area contributed by atoms with Gasteiger partial charge in [0.1, 0.15) is 0 Å². The van der Waals surface area contributed by atoms with Crippen LogP contribution in [0, 0.1) is 0 Å². The van der Waals surface area contributed by atoms with Crippen molar-refractivity contribution in [1.29, 1.82) is 0 Å². The Morgan fingerprint density at radius 3 is 2.73 bits per heavy atom. The van der Waals surface area contributed by atoms with Crippen molar-refractivity contribution in [3.05, 3.63) is 0 Å². The lowest BCUT2D eigenvalue weighted by atomic mass is 10.2. The summed E-state index contributed by atoms with van der Waals surface area (Å²) >= 11 is 1.96. The van der Waals surface area contributed by atoms with Crippen LogP contribution in [0.2, 0.25) is 0 Å². The molecular weight excluding hydrogens is 204 g/mol. The molecule has 2 unspecified atom stereocenters. The molecule has 1 fully saturated rings. The summed E-state index contributed by atoms with van der Waals surface area (Å²) in [4.78, 5) is 2.64. The summed E-state index contributed by atoms with van der Waals surface area (Å²) in [6.45, 7) is 9.36. The minimum absolute atomic E-state index is 0.622. The van der Waals surface area contributed by atoms with Crippen molar-refractivity contribution in [2.75, 3.05) is 25.1 Å². The van der Waals surface area contributed by atoms with Gasteiger partial charge in [-0.3, -0.25) is 4.90 Å². The molecule has 0 aliphatic carbocycles. The molecule has 0 spiro atoms. The number of nitrogens with zero attached hydrogens (tertiary/aromatic N) is 1. The van der Waals surface area contributed by atoms with Crippen LogP contribution in [0.1, 0.15) is 33.6 Å². The predicted molar refractivity (Wildman–Crippen MR) is 70.7 cm³/mol. The SMILES string of the molecule is CSCCC(C)N1CCC(NC(C)C)C1. The highest BCUT2D eigenvalue weighted by molar-refractivity contribution is 7.98. The topological polar surface area (TPSA) is 15.3 Å². The van der Waals surface area contributed by atoms with E-state index in [2.05, 4.69) is 37.2 Å². The minimum Gasteiger partial charge on any atom is -0.310 e. The van der Waals surface area contributed by atoms with Crippen LogP contribution in [0.25, 0.3) is 0 Å². The Bertz CT molecular complexity index is 173. The van der Waals surface area contributed by atoms with E-state index >= 15 is 0 Å². The van der Waals surface area contributed by atoms with Gasteiger partial charge in [0, 0.05) is 31.2 Å². The third kappa shape index (κ3) is 4.75. The van der Waals surface area contributed by atoms with Crippen LogP contribution in [0.3, 0.4) is 0 Å². The third-order valence-electron chi connectivity index (χ3n) is 3.15. The lowest BCUT2D eigenvalue weighted by molar-refractivity contribution is 0.246. The summed E-state index contributed by atoms with van der Waals surface area (Å²) in [6.07, 6.45) is 4.84. The molecule has 1 N–H and O–H groups in total. The number of nitrogens with one attached hydrogen (secondary N) is 1. The zero-order valence-electron chi connectivity index (χ0n) is 10.6. The van der Waals surface area contributed by atoms with Gasteiger partial charge in [0.05, 0.1) is 0 Å². The van der Waals surface area contributed by atoms with Crippen molar-refractivity contribution in [3.63, 3.8) is 0 Å². The van der Waals surface area contributed by atoms with Gasteiger partial charge in [-0.2, -0.15) is 11.8 Å². The Balaban J connectivity index is 2.22. The number of thioether (sulfide) groups is 1. The van der Waals surface area contributed by atoms with Crippen molar-refractivity contribution in [3.8, 4) is 0 Å². The Labute approximate surface area is 99.2 Å². The Hall–Kier alpha value is 0.270. The van der Waals surface area contributed by atoms with Crippen LogP contribution < -0.4 is 5.32 Å². The maximum absolute atomic E-state index is 3.64. The van der Waals surface area contributed by atoms with Gasteiger partial charge < -0.3 is 5.32 Å². The molecule has 0 amide bonds. The molecule has 3 heteroatoms. The number of rotatable bonds is 6. The minimum atomic E-state index is 0.622. The highest BCUT2D eigenvalue weighted by Crippen LogP contribution is 2.16. The van der Waals surface area contributed by atoms with E-state index in [4.69, 9.17) is 0 Å². The van der Waals surface area contributed by atoms with E-state index in [1.54, 1.807) is 0 Å². The summed E-state index contributed by atoms with van der Waals surface area (Å²) in [7, 11) is 0. The second kappa shape index (κ2) is 6.77. The highest BCUT2D eigenvalue weighted by Gasteiger charge is 2.25. The third-order valence-corrected chi connectivity index (χ3v) is 3.80. The van der Waals surface area contributed by atoms with E-state index in [0.29, 0.717) is 6.04 Å². The number of hydrogen-bond acceptors (Lipinski definition) is 3. The highest BCUT2D eigenvalue weighted by atomic mass is 32.2. The standard InChI is InChI=1S/C12H26N2S/c1-10(2)13-12-5-7-14(9-12)11(3)6-8-15-4/h10-13H,5-9H2,1-4H3. The fourth-order valence-electron chi connectivity index (χ4n) is 2.27. The lowest BCUT2D eigenvalue weighted by Crippen LogP contribution is -2.39. The first-order chi connectivity index (χ1) is 7.13. The van der Waals surface area contributed by atoms with E-state index in [-0.39, 0.29) is 0 Å². The summed E-state index contributed by atoms with van der Waals surface area (Å²) in [5.41, 5.74) is 0. The van der Waals surface area contributed by atoms with Crippen molar-refractivity contribution in [2.45, 2.75) is 51.7 Å². The summed E-state index contributed by atoms with van der Waals surface area (Å²) in [5, 5.41) is 3.64. The molecule has 1 saturated heterocycles. The van der Waals surface area contributed by atoms with Crippen molar-refractivity contribution >= 4 is 11.8 Å². The first-order valence-corrected chi connectivity index (χ1v) is 7.52. The number of likely N-dealkylation sites (tertiary alicyclic amines) is 1. The Morgan fingerprint density at radius 1 is 1.40 bits per heavy atom. The van der Waals surface area contributed by atoms with Crippen molar-refractivity contribution in [2.24, 2.45) is 0 Å². The Morgan fingerprint density at radius 2 is 2.13 bits per heavy atom. The first-order valence-electron chi connectivity index (χ1n) is 6.12. The zero-order valence-corrected chi connectivity index (χ0v) is 11.4. The summed E-state index contributed by atoms with van der Waals surface area (Å²) < 4.78 is 0. The average molecular weight is 230 g/mol. The van der Waals surface area contributed by atoms with Crippen LogP contribution in [0.4, 0.5) is 0 Å². The van der Waals surface area contributed by atoms with E-state index in [1.165, 1.54) is 31.7 Å². The molecule has 15 heavy (non-hydrogen) atoms. The quantitative estimate of drug-likeness (QED) is 0.753. The molecule has 0 aromatic heterocycles. The van der Waals surface area contributed by atoms with Gasteiger partial charge in [-0.1, -0.05) is 13.8 Å². The molecule has 0 bridgehead atoms. The molecular formula is C12H26N2S. The predicted octanol–water partition coefficient (Wildman–Crippen LogP) is 2.20. The molecule has 1 aliphatic heterocycles. The molecule has 1 aliphatic rings. The van der Waals surface area contributed by atoms with Crippen LogP contribution in [0.15, 0.2) is 0 Å². The molecule has 1 heterocycles. The van der Waals surface area contributed by atoms with Gasteiger partial charge in [-0.25, -0.2) is 0 Å². The second-order valence-corrected chi connectivity index (χ2v) is 5.92. The van der Waals surface area contributed by atoms with Gasteiger partial charge >= 0.3 is 0 Å². The normalized spacial score (nSPS) is 25.0. The van der Waals surface area contributed by atoms with Gasteiger partial charge in [0.2, 0.25) is 0 Å². The van der Waals surface area contributed by atoms with Crippen molar-refractivity contribution in [1.82, 2.24) is 10.2 Å². The first kappa shape index (κ1) is 13.3. The molecule has 0 aromatic rings. The van der Waals surface area contributed by atoms with Crippen LogP contribution in [-0.4, -0.2) is 48.1 Å². The zero-order chi connectivity index (χ0) is 11.3. The summed E-state index contributed by atoms with van der Waals surface area (Å²) in [5.74, 6) is 1.29. The molecule has 0 saturated carbocycles. The van der Waals surface area contributed by atoms with Gasteiger partial charge in [0.25, 0.3) is 0 Å². The molecule has 2 nitrogen and oxygen atoms in total. The molecule has 90 valence electrons. The maximum Gasteiger partial charge on any atom is 0.0209 e. The monoisotopic (exact) mass is 230 g/mol. The molecule has 1 rings (SSSR count). The van der Waals surface area contributed by atoms with Crippen LogP contribution in [-0.2, 0) is 0 Å².